The number of aromatic nitrogens is 3. The molecule has 1 aliphatic carbocycles. The number of hydrogen-bond acceptors (Lipinski definition) is 5. The maximum absolute atomic E-state index is 13.3. The molecule has 29 heavy (non-hydrogen) atoms. The molecule has 4 N–H and O–H groups in total. The smallest absolute Gasteiger partial charge is 0.312 e. The van der Waals surface area contributed by atoms with Crippen LogP contribution in [0.25, 0.3) is 5.69 Å². The monoisotopic (exact) mass is 397 g/mol. The number of amides is 4. The Bertz CT molecular complexity index is 900. The van der Waals surface area contributed by atoms with E-state index in [0.29, 0.717) is 24.3 Å². The third kappa shape index (κ3) is 3.91. The van der Waals surface area contributed by atoms with Crippen LogP contribution in [-0.4, -0.2) is 63.2 Å². The Balaban J connectivity index is 1.45. The minimum absolute atomic E-state index is 0.00628. The normalized spacial score (nSPS) is 22.9. The Morgan fingerprint density at radius 3 is 2.52 bits per heavy atom. The molecule has 10 heteroatoms. The van der Waals surface area contributed by atoms with Crippen molar-refractivity contribution in [2.75, 3.05) is 19.6 Å². The van der Waals surface area contributed by atoms with Crippen LogP contribution >= 0.6 is 0 Å². The van der Waals surface area contributed by atoms with E-state index in [2.05, 4.69) is 20.7 Å². The van der Waals surface area contributed by atoms with Crippen LogP contribution in [0.1, 0.15) is 23.2 Å². The van der Waals surface area contributed by atoms with Crippen molar-refractivity contribution in [3.8, 4) is 5.69 Å². The Kier molecular flexibility index (Phi) is 5.15. The van der Waals surface area contributed by atoms with Crippen LogP contribution in [0, 0.1) is 11.8 Å². The van der Waals surface area contributed by atoms with Gasteiger partial charge in [0.15, 0.2) is 0 Å². The number of carbonyl (C=O) groups is 3. The molecule has 0 spiro atoms. The zero-order valence-electron chi connectivity index (χ0n) is 15.8. The molecule has 152 valence electrons. The second-order valence-electron chi connectivity index (χ2n) is 7.48. The number of primary amides is 1. The first-order chi connectivity index (χ1) is 14.0. The van der Waals surface area contributed by atoms with Gasteiger partial charge in [-0.15, -0.1) is 0 Å². The number of piperidine rings is 1. The standard InChI is InChI=1S/C19H23N7O3/c20-19(29)22-7-16(27)24-17-12-5-6-13(17)9-25(8-12)18(28)14-3-1-2-4-15(14)26-11-21-10-23-26/h1-4,10-13,17H,5-9H2,(H,24,27)(H3,20,22,29)/t12-,13+,17?. The second-order valence-corrected chi connectivity index (χ2v) is 7.48. The highest BCUT2D eigenvalue weighted by atomic mass is 16.2. The van der Waals surface area contributed by atoms with Crippen molar-refractivity contribution in [3.63, 3.8) is 0 Å². The van der Waals surface area contributed by atoms with Crippen LogP contribution in [0.3, 0.4) is 0 Å². The first-order valence-corrected chi connectivity index (χ1v) is 9.59. The quantitative estimate of drug-likeness (QED) is 0.648. The number of nitrogens with two attached hydrogens (primary N) is 1. The zero-order chi connectivity index (χ0) is 20.4. The topological polar surface area (TPSA) is 135 Å². The third-order valence-electron chi connectivity index (χ3n) is 5.67. The van der Waals surface area contributed by atoms with Gasteiger partial charge in [0.25, 0.3) is 5.91 Å². The Morgan fingerprint density at radius 2 is 1.86 bits per heavy atom. The SMILES string of the molecule is NC(=O)NCC(=O)NC1[C@@H]2CC[C@H]1CN(C(=O)c1ccccc1-n1cncn1)C2. The number of nitrogens with one attached hydrogen (secondary N) is 2. The minimum Gasteiger partial charge on any atom is -0.352 e. The van der Waals surface area contributed by atoms with Crippen LogP contribution in [0.4, 0.5) is 4.79 Å². The van der Waals surface area contributed by atoms with Crippen molar-refractivity contribution in [3.05, 3.63) is 42.5 Å². The fourth-order valence-electron chi connectivity index (χ4n) is 4.39. The third-order valence-corrected chi connectivity index (χ3v) is 5.67. The average Bonchev–Trinajstić information content (AvgIpc) is 3.32. The van der Waals surface area contributed by atoms with E-state index in [1.807, 2.05) is 23.1 Å². The number of nitrogens with zero attached hydrogens (tertiary/aromatic N) is 4. The van der Waals surface area contributed by atoms with Gasteiger partial charge in [0.2, 0.25) is 5.91 Å². The minimum atomic E-state index is -0.727. The van der Waals surface area contributed by atoms with Gasteiger partial charge in [-0.2, -0.15) is 5.10 Å². The summed E-state index contributed by atoms with van der Waals surface area (Å²) in [7, 11) is 0. The molecule has 2 aliphatic rings. The lowest BCUT2D eigenvalue weighted by Gasteiger charge is -2.38. The second kappa shape index (κ2) is 7.90. The fourth-order valence-corrected chi connectivity index (χ4v) is 4.39. The van der Waals surface area contributed by atoms with Gasteiger partial charge < -0.3 is 21.3 Å². The van der Waals surface area contributed by atoms with Crippen LogP contribution in [0.5, 0.6) is 0 Å². The summed E-state index contributed by atoms with van der Waals surface area (Å²) in [6.45, 7) is 1.02. The summed E-state index contributed by atoms with van der Waals surface area (Å²) in [5.41, 5.74) is 6.28. The average molecular weight is 397 g/mol. The number of fused-ring (bicyclic) bond motifs is 2. The Morgan fingerprint density at radius 1 is 1.14 bits per heavy atom. The highest BCUT2D eigenvalue weighted by Gasteiger charge is 2.44. The first kappa shape index (κ1) is 18.9. The number of carbonyl (C=O) groups excluding carboxylic acids is 3. The molecule has 1 aromatic carbocycles. The molecule has 1 aliphatic heterocycles. The molecule has 2 fully saturated rings. The number of urea groups is 1. The number of benzene rings is 1. The zero-order valence-corrected chi connectivity index (χ0v) is 15.8. The van der Waals surface area contributed by atoms with Crippen LogP contribution < -0.4 is 16.4 Å². The molecule has 10 nitrogen and oxygen atoms in total. The van der Waals surface area contributed by atoms with E-state index in [-0.39, 0.29) is 36.2 Å². The molecule has 1 unspecified atom stereocenters. The Hall–Kier alpha value is -3.43. The van der Waals surface area contributed by atoms with Gasteiger partial charge in [0, 0.05) is 19.1 Å². The summed E-state index contributed by atoms with van der Waals surface area (Å²) in [6, 6.07) is 6.61. The van der Waals surface area contributed by atoms with Gasteiger partial charge >= 0.3 is 6.03 Å². The molecular weight excluding hydrogens is 374 g/mol. The molecule has 1 aromatic heterocycles. The molecular formula is C19H23N7O3. The van der Waals surface area contributed by atoms with E-state index >= 15 is 0 Å². The van der Waals surface area contributed by atoms with E-state index in [9.17, 15) is 14.4 Å². The fraction of sp³-hybridized carbons (Fsp3) is 0.421. The highest BCUT2D eigenvalue weighted by molar-refractivity contribution is 5.98. The summed E-state index contributed by atoms with van der Waals surface area (Å²) >= 11 is 0. The number of para-hydroxylation sites is 1. The molecule has 2 heterocycles. The molecule has 2 aromatic rings. The molecule has 4 amide bonds. The summed E-state index contributed by atoms with van der Waals surface area (Å²) in [5.74, 6) is 0.0673. The number of rotatable bonds is 5. The van der Waals surface area contributed by atoms with Gasteiger partial charge in [-0.1, -0.05) is 12.1 Å². The molecule has 1 saturated heterocycles. The van der Waals surface area contributed by atoms with Crippen LogP contribution in [0.2, 0.25) is 0 Å². The van der Waals surface area contributed by atoms with E-state index < -0.39 is 6.03 Å². The summed E-state index contributed by atoms with van der Waals surface area (Å²) in [6.07, 6.45) is 4.90. The van der Waals surface area contributed by atoms with Crippen molar-refractivity contribution in [1.29, 1.82) is 0 Å². The molecule has 1 saturated carbocycles. The van der Waals surface area contributed by atoms with Crippen molar-refractivity contribution in [2.24, 2.45) is 17.6 Å². The summed E-state index contributed by atoms with van der Waals surface area (Å²) in [4.78, 5) is 41.9. The number of likely N-dealkylation sites (tertiary alicyclic amines) is 1. The molecule has 4 rings (SSSR count). The van der Waals surface area contributed by atoms with Gasteiger partial charge in [0.1, 0.15) is 12.7 Å². The Labute approximate surface area is 167 Å². The largest absolute Gasteiger partial charge is 0.352 e. The van der Waals surface area contributed by atoms with E-state index in [0.717, 1.165) is 12.8 Å². The van der Waals surface area contributed by atoms with E-state index in [1.165, 1.54) is 6.33 Å². The maximum Gasteiger partial charge on any atom is 0.312 e. The predicted octanol–water partition coefficient (Wildman–Crippen LogP) is -0.0976. The summed E-state index contributed by atoms with van der Waals surface area (Å²) < 4.78 is 1.58. The van der Waals surface area contributed by atoms with Gasteiger partial charge in [-0.05, 0) is 36.8 Å². The predicted molar refractivity (Wildman–Crippen MR) is 103 cm³/mol. The van der Waals surface area contributed by atoms with E-state index in [1.54, 1.807) is 17.1 Å². The van der Waals surface area contributed by atoms with E-state index in [4.69, 9.17) is 5.73 Å². The van der Waals surface area contributed by atoms with Crippen molar-refractivity contribution >= 4 is 17.8 Å². The van der Waals surface area contributed by atoms with Gasteiger partial charge in [0.05, 0.1) is 17.8 Å². The van der Waals surface area contributed by atoms with Crippen LogP contribution in [0.15, 0.2) is 36.9 Å². The maximum atomic E-state index is 13.3. The lowest BCUT2D eigenvalue weighted by molar-refractivity contribution is -0.121. The summed E-state index contributed by atoms with van der Waals surface area (Å²) in [5, 5.41) is 9.44. The van der Waals surface area contributed by atoms with Crippen LogP contribution in [-0.2, 0) is 4.79 Å². The van der Waals surface area contributed by atoms with Crippen molar-refractivity contribution in [2.45, 2.75) is 18.9 Å². The van der Waals surface area contributed by atoms with Gasteiger partial charge in [-0.25, -0.2) is 14.5 Å². The number of hydrogen-bond donors (Lipinski definition) is 3. The molecule has 0 radical (unpaired) electrons. The lowest BCUT2D eigenvalue weighted by Crippen LogP contribution is -2.55. The van der Waals surface area contributed by atoms with Gasteiger partial charge in [-0.3, -0.25) is 9.59 Å². The lowest BCUT2D eigenvalue weighted by atomic mass is 9.91. The molecule has 3 atom stereocenters. The van der Waals surface area contributed by atoms with Crippen molar-refractivity contribution in [1.82, 2.24) is 30.3 Å². The molecule has 2 bridgehead atoms. The first-order valence-electron chi connectivity index (χ1n) is 9.59. The van der Waals surface area contributed by atoms with Crippen molar-refractivity contribution < 1.29 is 14.4 Å². The highest BCUT2D eigenvalue weighted by Crippen LogP contribution is 2.37.